The average Bonchev–Trinajstić information content (AvgIpc) is 3.16. The van der Waals surface area contributed by atoms with Gasteiger partial charge in [0.1, 0.15) is 17.3 Å². The Morgan fingerprint density at radius 1 is 1.06 bits per heavy atom. The number of carbonyl (C=O) groups is 1. The first-order valence-electron chi connectivity index (χ1n) is 11.1. The van der Waals surface area contributed by atoms with Crippen LogP contribution >= 0.6 is 11.3 Å². The number of thiophene rings is 1. The van der Waals surface area contributed by atoms with Crippen molar-refractivity contribution >= 4 is 27.2 Å². The van der Waals surface area contributed by atoms with Crippen molar-refractivity contribution in [3.05, 3.63) is 83.0 Å². The zero-order valence-electron chi connectivity index (χ0n) is 18.1. The monoisotopic (exact) mass is 461 g/mol. The molecule has 3 aromatic carbocycles. The Morgan fingerprint density at radius 3 is 2.58 bits per heavy atom. The summed E-state index contributed by atoms with van der Waals surface area (Å²) in [6, 6.07) is 18.7. The maximum absolute atomic E-state index is 14.4. The van der Waals surface area contributed by atoms with E-state index in [-0.39, 0.29) is 17.1 Å². The molecule has 0 atom stereocenters. The van der Waals surface area contributed by atoms with Gasteiger partial charge in [-0.15, -0.1) is 11.3 Å². The minimum absolute atomic E-state index is 0.0386. The minimum atomic E-state index is -0.546. The number of ketones is 1. The second-order valence-corrected chi connectivity index (χ2v) is 9.27. The first kappa shape index (κ1) is 21.6. The number of hydrogen-bond acceptors (Lipinski definition) is 5. The molecule has 6 heteroatoms. The summed E-state index contributed by atoms with van der Waals surface area (Å²) in [7, 11) is 0. The summed E-state index contributed by atoms with van der Waals surface area (Å²) < 4.78 is 21.0. The van der Waals surface area contributed by atoms with E-state index in [9.17, 15) is 14.3 Å². The number of carbonyl (C=O) groups excluding carboxylic acids is 1. The Balaban J connectivity index is 1.44. The number of ether oxygens (including phenoxy) is 1. The maximum Gasteiger partial charge on any atom is 0.206 e. The topological polar surface area (TPSA) is 49.8 Å². The van der Waals surface area contributed by atoms with Gasteiger partial charge in [0.05, 0.1) is 17.0 Å². The molecular formula is C27H24FNO3S. The number of likely N-dealkylation sites (tertiary alicyclic amines) is 1. The van der Waals surface area contributed by atoms with Gasteiger partial charge >= 0.3 is 0 Å². The predicted molar refractivity (Wildman–Crippen MR) is 130 cm³/mol. The lowest BCUT2D eigenvalue weighted by Gasteiger charge is -2.30. The molecule has 0 unspecified atom stereocenters. The van der Waals surface area contributed by atoms with Crippen molar-refractivity contribution in [2.75, 3.05) is 26.2 Å². The summed E-state index contributed by atoms with van der Waals surface area (Å²) in [4.78, 5) is 16.2. The second kappa shape index (κ2) is 9.33. The summed E-state index contributed by atoms with van der Waals surface area (Å²) in [5.74, 6) is -0.00507. The number of phenols is 1. The molecule has 168 valence electrons. The van der Waals surface area contributed by atoms with E-state index in [1.807, 2.05) is 24.3 Å². The third-order valence-corrected chi connectivity index (χ3v) is 7.13. The molecular weight excluding hydrogens is 437 g/mol. The zero-order chi connectivity index (χ0) is 22.8. The fourth-order valence-electron chi connectivity index (χ4n) is 4.10. The van der Waals surface area contributed by atoms with Gasteiger partial charge in [-0.2, -0.15) is 0 Å². The number of hydrogen-bond donors (Lipinski definition) is 1. The van der Waals surface area contributed by atoms with Crippen LogP contribution in [0.1, 0.15) is 28.1 Å². The van der Waals surface area contributed by atoms with Gasteiger partial charge < -0.3 is 14.7 Å². The lowest BCUT2D eigenvalue weighted by molar-refractivity contribution is 0.103. The number of aromatic hydroxyl groups is 1. The van der Waals surface area contributed by atoms with Crippen LogP contribution in [0.25, 0.3) is 21.2 Å². The quantitative estimate of drug-likeness (QED) is 0.254. The molecule has 1 aromatic heterocycles. The number of benzene rings is 3. The highest BCUT2D eigenvalue weighted by atomic mass is 32.1. The van der Waals surface area contributed by atoms with Crippen molar-refractivity contribution < 1.29 is 19.0 Å². The molecule has 1 aliphatic heterocycles. The van der Waals surface area contributed by atoms with Gasteiger partial charge in [-0.1, -0.05) is 24.3 Å². The van der Waals surface area contributed by atoms with Crippen LogP contribution in [0, 0.1) is 5.82 Å². The fraction of sp³-hybridized carbons (Fsp3) is 0.222. The van der Waals surface area contributed by atoms with Crippen molar-refractivity contribution in [3.8, 4) is 22.6 Å². The number of halogens is 1. The molecule has 0 amide bonds. The predicted octanol–water partition coefficient (Wildman–Crippen LogP) is 6.12. The van der Waals surface area contributed by atoms with Gasteiger partial charge in [0.15, 0.2) is 0 Å². The van der Waals surface area contributed by atoms with E-state index in [1.165, 1.54) is 43.0 Å². The molecule has 1 fully saturated rings. The van der Waals surface area contributed by atoms with Crippen LogP contribution in [0.15, 0.2) is 66.7 Å². The third-order valence-electron chi connectivity index (χ3n) is 5.98. The first-order valence-corrected chi connectivity index (χ1v) is 11.9. The fourth-order valence-corrected chi connectivity index (χ4v) is 5.31. The molecule has 5 rings (SSSR count). The van der Waals surface area contributed by atoms with Crippen LogP contribution in [0.5, 0.6) is 11.5 Å². The number of phenolic OH excluding ortho intramolecular Hbond substituents is 1. The van der Waals surface area contributed by atoms with Crippen molar-refractivity contribution in [3.63, 3.8) is 0 Å². The molecule has 0 bridgehead atoms. The first-order chi connectivity index (χ1) is 16.1. The molecule has 33 heavy (non-hydrogen) atoms. The summed E-state index contributed by atoms with van der Waals surface area (Å²) in [6.07, 6.45) is 2.28. The number of fused-ring (bicyclic) bond motifs is 1. The van der Waals surface area contributed by atoms with Crippen LogP contribution in [0.4, 0.5) is 4.39 Å². The van der Waals surface area contributed by atoms with Gasteiger partial charge in [-0.25, -0.2) is 4.39 Å². The smallest absolute Gasteiger partial charge is 0.206 e. The van der Waals surface area contributed by atoms with Crippen LogP contribution in [-0.2, 0) is 0 Å². The SMILES string of the molecule is O=C(c1ccccc1F)c1sc2cc(O)ccc2c1-c1ccc(OCCCN2CCC2)cc1. The molecule has 1 saturated heterocycles. The van der Waals surface area contributed by atoms with Crippen molar-refractivity contribution in [2.45, 2.75) is 12.8 Å². The Morgan fingerprint density at radius 2 is 1.85 bits per heavy atom. The van der Waals surface area contributed by atoms with Gasteiger partial charge in [-0.05, 0) is 74.0 Å². The van der Waals surface area contributed by atoms with Crippen LogP contribution in [0.3, 0.4) is 0 Å². The lowest BCUT2D eigenvalue weighted by atomic mass is 9.98. The molecule has 4 aromatic rings. The molecule has 2 heterocycles. The standard InChI is InChI=1S/C27H24FNO3S/c28-23-6-2-1-5-21(23)26(31)27-25(22-12-9-19(30)17-24(22)33-27)18-7-10-20(11-8-18)32-16-4-15-29-13-3-14-29/h1-2,5-12,17,30H,3-4,13-16H2. The molecule has 0 saturated carbocycles. The van der Waals surface area contributed by atoms with Crippen LogP contribution in [-0.4, -0.2) is 42.0 Å². The third kappa shape index (κ3) is 4.49. The van der Waals surface area contributed by atoms with E-state index in [1.54, 1.807) is 30.3 Å². The normalized spacial score (nSPS) is 13.7. The highest BCUT2D eigenvalue weighted by Gasteiger charge is 2.23. The van der Waals surface area contributed by atoms with E-state index in [2.05, 4.69) is 4.90 Å². The number of rotatable bonds is 8. The molecule has 1 N–H and O–H groups in total. The molecule has 0 spiro atoms. The second-order valence-electron chi connectivity index (χ2n) is 8.22. The molecule has 1 aliphatic rings. The average molecular weight is 462 g/mol. The summed E-state index contributed by atoms with van der Waals surface area (Å²) in [6.45, 7) is 4.10. The summed E-state index contributed by atoms with van der Waals surface area (Å²) >= 11 is 1.26. The Hall–Kier alpha value is -3.22. The Bertz CT molecular complexity index is 1290. The number of nitrogens with zero attached hydrogens (tertiary/aromatic N) is 1. The highest BCUT2D eigenvalue weighted by molar-refractivity contribution is 7.21. The van der Waals surface area contributed by atoms with Crippen molar-refractivity contribution in [1.82, 2.24) is 4.90 Å². The Labute approximate surface area is 195 Å². The van der Waals surface area contributed by atoms with Crippen molar-refractivity contribution in [2.24, 2.45) is 0 Å². The maximum atomic E-state index is 14.4. The van der Waals surface area contributed by atoms with E-state index in [0.717, 1.165) is 39.9 Å². The van der Waals surface area contributed by atoms with Gasteiger partial charge in [0.2, 0.25) is 5.78 Å². The van der Waals surface area contributed by atoms with E-state index in [4.69, 9.17) is 4.74 Å². The van der Waals surface area contributed by atoms with E-state index >= 15 is 0 Å². The van der Waals surface area contributed by atoms with E-state index < -0.39 is 5.82 Å². The largest absolute Gasteiger partial charge is 0.508 e. The Kier molecular flexibility index (Phi) is 6.11. The van der Waals surface area contributed by atoms with Gasteiger partial charge in [0, 0.05) is 22.2 Å². The van der Waals surface area contributed by atoms with Crippen LogP contribution < -0.4 is 4.74 Å². The summed E-state index contributed by atoms with van der Waals surface area (Å²) in [5, 5.41) is 10.8. The molecule has 0 radical (unpaired) electrons. The molecule has 4 nitrogen and oxygen atoms in total. The summed E-state index contributed by atoms with van der Waals surface area (Å²) in [5.41, 5.74) is 1.63. The molecule has 0 aliphatic carbocycles. The van der Waals surface area contributed by atoms with Crippen LogP contribution in [0.2, 0.25) is 0 Å². The highest BCUT2D eigenvalue weighted by Crippen LogP contribution is 2.41. The zero-order valence-corrected chi connectivity index (χ0v) is 18.9. The minimum Gasteiger partial charge on any atom is -0.508 e. The lowest BCUT2D eigenvalue weighted by Crippen LogP contribution is -2.38. The van der Waals surface area contributed by atoms with Crippen molar-refractivity contribution in [1.29, 1.82) is 0 Å². The van der Waals surface area contributed by atoms with E-state index in [0.29, 0.717) is 11.5 Å². The van der Waals surface area contributed by atoms with Gasteiger partial charge in [-0.3, -0.25) is 4.79 Å². The van der Waals surface area contributed by atoms with Gasteiger partial charge in [0.25, 0.3) is 0 Å².